The zero-order chi connectivity index (χ0) is 15.4. The molecule has 0 fully saturated rings. The third kappa shape index (κ3) is 3.67. The molecule has 0 saturated heterocycles. The number of halogens is 2. The summed E-state index contributed by atoms with van der Waals surface area (Å²) in [4.78, 5) is 0. The number of rotatable bonds is 6. The lowest BCUT2D eigenvalue weighted by molar-refractivity contribution is 0.400. The Morgan fingerprint density at radius 2 is 1.95 bits per heavy atom. The van der Waals surface area contributed by atoms with Crippen LogP contribution in [-0.4, -0.2) is 23.9 Å². The first-order chi connectivity index (χ1) is 10.1. The Kier molecular flexibility index (Phi) is 5.84. The smallest absolute Gasteiger partial charge is 0.161 e. The number of benzene rings is 1. The molecule has 0 spiro atoms. The highest BCUT2D eigenvalue weighted by atomic mass is 79.9. The topological polar surface area (TPSA) is 39.1 Å². The van der Waals surface area contributed by atoms with E-state index in [9.17, 15) is 0 Å². The molecule has 0 aliphatic heterocycles. The van der Waals surface area contributed by atoms with Crippen LogP contribution in [0.1, 0.15) is 30.6 Å². The van der Waals surface area contributed by atoms with Crippen LogP contribution in [0.5, 0.6) is 5.75 Å². The third-order valence-corrected chi connectivity index (χ3v) is 4.20. The van der Waals surface area contributed by atoms with Gasteiger partial charge in [0.15, 0.2) is 5.75 Å². The normalized spacial score (nSPS) is 12.4. The molecule has 6 heteroatoms. The maximum Gasteiger partial charge on any atom is 0.161 e. The summed E-state index contributed by atoms with van der Waals surface area (Å²) in [6.45, 7) is 3.01. The van der Waals surface area contributed by atoms with Crippen molar-refractivity contribution in [2.45, 2.75) is 25.9 Å². The maximum atomic E-state index is 5.49. The predicted octanol–water partition coefficient (Wildman–Crippen LogP) is 4.14. The van der Waals surface area contributed by atoms with Gasteiger partial charge in [-0.15, -0.1) is 0 Å². The van der Waals surface area contributed by atoms with Gasteiger partial charge in [0.05, 0.1) is 19.3 Å². The fourth-order valence-corrected chi connectivity index (χ4v) is 3.75. The molecule has 1 aromatic carbocycles. The maximum absolute atomic E-state index is 5.49. The molecule has 1 heterocycles. The number of aryl methyl sites for hydroxylation is 1. The van der Waals surface area contributed by atoms with E-state index in [1.165, 1.54) is 0 Å². The number of hydrogen-bond acceptors (Lipinski definition) is 3. The van der Waals surface area contributed by atoms with Crippen LogP contribution in [0.25, 0.3) is 0 Å². The Labute approximate surface area is 142 Å². The van der Waals surface area contributed by atoms with Crippen molar-refractivity contribution in [3.63, 3.8) is 0 Å². The van der Waals surface area contributed by atoms with Crippen LogP contribution in [0.2, 0.25) is 0 Å². The number of methoxy groups -OCH3 is 1. The lowest BCUT2D eigenvalue weighted by Gasteiger charge is -2.20. The molecule has 2 aromatic rings. The molecule has 1 aromatic heterocycles. The molecule has 0 radical (unpaired) electrons. The van der Waals surface area contributed by atoms with E-state index < -0.39 is 0 Å². The van der Waals surface area contributed by atoms with E-state index in [4.69, 9.17) is 4.74 Å². The molecule has 21 heavy (non-hydrogen) atoms. The van der Waals surface area contributed by atoms with E-state index in [0.717, 1.165) is 38.9 Å². The third-order valence-electron chi connectivity index (χ3n) is 3.28. The van der Waals surface area contributed by atoms with E-state index in [2.05, 4.69) is 61.3 Å². The first kappa shape index (κ1) is 16.5. The van der Waals surface area contributed by atoms with Crippen molar-refractivity contribution in [3.8, 4) is 5.75 Å². The fraction of sp³-hybridized carbons (Fsp3) is 0.400. The number of nitrogens with zero attached hydrogens (tertiary/aromatic N) is 2. The molecule has 0 aliphatic carbocycles. The number of nitrogens with one attached hydrogen (secondary N) is 1. The molecule has 1 atom stereocenters. The van der Waals surface area contributed by atoms with Crippen LogP contribution in [0.3, 0.4) is 0 Å². The average molecular weight is 417 g/mol. The Hall–Kier alpha value is -0.850. The van der Waals surface area contributed by atoms with Gasteiger partial charge in [0, 0.05) is 15.5 Å². The molecular formula is C15H19Br2N3O. The van der Waals surface area contributed by atoms with Gasteiger partial charge < -0.3 is 10.1 Å². The predicted molar refractivity (Wildman–Crippen MR) is 91.8 cm³/mol. The summed E-state index contributed by atoms with van der Waals surface area (Å²) >= 11 is 7.09. The second kappa shape index (κ2) is 7.42. The standard InChI is InChI=1S/C15H19Br2N3O/c1-4-5-20-15(13(21-3)9-19-20)14(18-2)10-6-11(16)8-12(17)7-10/h6-9,14,18H,4-5H2,1-3H3. The van der Waals surface area contributed by atoms with E-state index in [1.54, 1.807) is 13.3 Å². The van der Waals surface area contributed by atoms with Gasteiger partial charge in [-0.3, -0.25) is 4.68 Å². The quantitative estimate of drug-likeness (QED) is 0.769. The van der Waals surface area contributed by atoms with E-state index in [-0.39, 0.29) is 6.04 Å². The van der Waals surface area contributed by atoms with Crippen LogP contribution in [0.4, 0.5) is 0 Å². The second-order valence-electron chi connectivity index (χ2n) is 4.75. The van der Waals surface area contributed by atoms with Crippen molar-refractivity contribution >= 4 is 31.9 Å². The number of aromatic nitrogens is 2. The van der Waals surface area contributed by atoms with Gasteiger partial charge in [0.1, 0.15) is 5.69 Å². The van der Waals surface area contributed by atoms with Gasteiger partial charge in [-0.1, -0.05) is 38.8 Å². The van der Waals surface area contributed by atoms with Gasteiger partial charge in [-0.25, -0.2) is 0 Å². The minimum absolute atomic E-state index is 0.0165. The van der Waals surface area contributed by atoms with Crippen molar-refractivity contribution in [3.05, 3.63) is 44.6 Å². The minimum atomic E-state index is 0.0165. The van der Waals surface area contributed by atoms with Crippen molar-refractivity contribution in [2.24, 2.45) is 0 Å². The van der Waals surface area contributed by atoms with Crippen molar-refractivity contribution < 1.29 is 4.74 Å². The minimum Gasteiger partial charge on any atom is -0.493 e. The van der Waals surface area contributed by atoms with Crippen LogP contribution >= 0.6 is 31.9 Å². The molecule has 0 amide bonds. The molecule has 2 rings (SSSR count). The van der Waals surface area contributed by atoms with Crippen molar-refractivity contribution in [1.29, 1.82) is 0 Å². The van der Waals surface area contributed by atoms with E-state index >= 15 is 0 Å². The first-order valence-electron chi connectivity index (χ1n) is 6.83. The molecule has 1 unspecified atom stereocenters. The Morgan fingerprint density at radius 3 is 2.48 bits per heavy atom. The first-order valence-corrected chi connectivity index (χ1v) is 8.42. The summed E-state index contributed by atoms with van der Waals surface area (Å²) in [6, 6.07) is 6.25. The largest absolute Gasteiger partial charge is 0.493 e. The summed E-state index contributed by atoms with van der Waals surface area (Å²) in [5, 5.41) is 7.81. The monoisotopic (exact) mass is 415 g/mol. The van der Waals surface area contributed by atoms with Crippen molar-refractivity contribution in [1.82, 2.24) is 15.1 Å². The Bertz CT molecular complexity index is 593. The fourth-order valence-electron chi connectivity index (χ4n) is 2.42. The zero-order valence-electron chi connectivity index (χ0n) is 12.4. The van der Waals surface area contributed by atoms with Gasteiger partial charge in [0.2, 0.25) is 0 Å². The van der Waals surface area contributed by atoms with Gasteiger partial charge >= 0.3 is 0 Å². The van der Waals surface area contributed by atoms with Gasteiger partial charge in [-0.05, 0) is 37.2 Å². The zero-order valence-corrected chi connectivity index (χ0v) is 15.5. The Morgan fingerprint density at radius 1 is 1.29 bits per heavy atom. The molecule has 0 bridgehead atoms. The van der Waals surface area contributed by atoms with Crippen LogP contribution in [-0.2, 0) is 6.54 Å². The molecule has 1 N–H and O–H groups in total. The van der Waals surface area contributed by atoms with Gasteiger partial charge in [-0.2, -0.15) is 5.10 Å². The second-order valence-corrected chi connectivity index (χ2v) is 6.58. The highest BCUT2D eigenvalue weighted by Gasteiger charge is 2.22. The molecule has 0 saturated carbocycles. The highest BCUT2D eigenvalue weighted by Crippen LogP contribution is 2.32. The SMILES string of the molecule is CCCn1ncc(OC)c1C(NC)c1cc(Br)cc(Br)c1. The van der Waals surface area contributed by atoms with E-state index in [0.29, 0.717) is 0 Å². The number of hydrogen-bond donors (Lipinski definition) is 1. The van der Waals surface area contributed by atoms with Gasteiger partial charge in [0.25, 0.3) is 0 Å². The highest BCUT2D eigenvalue weighted by molar-refractivity contribution is 9.11. The van der Waals surface area contributed by atoms with Crippen LogP contribution in [0.15, 0.2) is 33.3 Å². The summed E-state index contributed by atoms with van der Waals surface area (Å²) in [5.41, 5.74) is 2.20. The van der Waals surface area contributed by atoms with Crippen LogP contribution < -0.4 is 10.1 Å². The molecular weight excluding hydrogens is 398 g/mol. The van der Waals surface area contributed by atoms with Crippen molar-refractivity contribution in [2.75, 3.05) is 14.2 Å². The summed E-state index contributed by atoms with van der Waals surface area (Å²) in [7, 11) is 3.63. The number of ether oxygens (including phenoxy) is 1. The summed E-state index contributed by atoms with van der Waals surface area (Å²) < 4.78 is 9.57. The Balaban J connectivity index is 2.52. The molecule has 0 aliphatic rings. The molecule has 4 nitrogen and oxygen atoms in total. The average Bonchev–Trinajstić information content (AvgIpc) is 2.82. The summed E-state index contributed by atoms with van der Waals surface area (Å²) in [5.74, 6) is 0.805. The summed E-state index contributed by atoms with van der Waals surface area (Å²) in [6.07, 6.45) is 2.80. The molecule has 114 valence electrons. The van der Waals surface area contributed by atoms with Crippen LogP contribution in [0, 0.1) is 0 Å². The lowest BCUT2D eigenvalue weighted by atomic mass is 10.0. The van der Waals surface area contributed by atoms with E-state index in [1.807, 2.05) is 17.8 Å². The lowest BCUT2D eigenvalue weighted by Crippen LogP contribution is -2.22.